The molecule has 0 aliphatic carbocycles. The first-order valence-electron chi connectivity index (χ1n) is 13.6. The molecule has 3 aliphatic heterocycles. The minimum atomic E-state index is -3.01. The van der Waals surface area contributed by atoms with Crippen molar-refractivity contribution < 1.29 is 28.2 Å². The fraction of sp³-hybridized carbons (Fsp3) is 0.741. The summed E-state index contributed by atoms with van der Waals surface area (Å²) in [5.74, 6) is -3.20. The molecule has 2 saturated heterocycles. The summed E-state index contributed by atoms with van der Waals surface area (Å²) in [6, 6.07) is 1.17. The molecule has 3 atom stereocenters. The number of carboxylic acid groups (broad SMARTS) is 1. The number of hydrogen-bond acceptors (Lipinski definition) is 6. The van der Waals surface area contributed by atoms with Crippen molar-refractivity contribution in [2.45, 2.75) is 76.9 Å². The third-order valence-corrected chi connectivity index (χ3v) is 8.13. The Hall–Kier alpha value is -2.37. The molecule has 1 unspecified atom stereocenters. The van der Waals surface area contributed by atoms with Gasteiger partial charge in [0.2, 0.25) is 5.91 Å². The second-order valence-electron chi connectivity index (χ2n) is 11.7. The molecule has 0 aromatic carbocycles. The number of carbonyl (C=O) groups excluding carboxylic acids is 1. The lowest BCUT2D eigenvalue weighted by atomic mass is 9.91. The number of carbonyl (C=O) groups is 2. The Kier molecular flexibility index (Phi) is 8.30. The van der Waals surface area contributed by atoms with E-state index in [1.165, 1.54) is 17.2 Å². The standard InChI is InChI=1S/C27H41F2N5O4/c1-6-7-27(28,29)20-10-22-24(30-11-20)26(4,5)17-34(22)23(35)15-32-12-18(2)33(25(36)37)14-21(32)13-31-8-9-38-16-19(31)3/h10-11,18-19,21H,6-9,12-17H2,1-5H3,(H,36,37)/t18-,19?,21+/m1/s1. The lowest BCUT2D eigenvalue weighted by Gasteiger charge is -2.47. The van der Waals surface area contributed by atoms with Gasteiger partial charge in [0.1, 0.15) is 0 Å². The van der Waals surface area contributed by atoms with E-state index in [-0.39, 0.29) is 42.6 Å². The van der Waals surface area contributed by atoms with E-state index in [1.807, 2.05) is 20.8 Å². The Labute approximate surface area is 223 Å². The first-order chi connectivity index (χ1) is 17.8. The fourth-order valence-corrected chi connectivity index (χ4v) is 5.92. The molecule has 2 fully saturated rings. The van der Waals surface area contributed by atoms with Gasteiger partial charge in [-0.25, -0.2) is 13.6 Å². The van der Waals surface area contributed by atoms with Crippen LogP contribution >= 0.6 is 0 Å². The van der Waals surface area contributed by atoms with Crippen molar-refractivity contribution in [3.63, 3.8) is 0 Å². The Morgan fingerprint density at radius 3 is 2.61 bits per heavy atom. The summed E-state index contributed by atoms with van der Waals surface area (Å²) in [4.78, 5) is 37.5. The van der Waals surface area contributed by atoms with Crippen LogP contribution in [-0.4, -0.2) is 107 Å². The van der Waals surface area contributed by atoms with Crippen LogP contribution in [0.5, 0.6) is 0 Å². The fourth-order valence-electron chi connectivity index (χ4n) is 5.92. The molecule has 1 N–H and O–H groups in total. The van der Waals surface area contributed by atoms with E-state index in [9.17, 15) is 23.5 Å². The number of hydrogen-bond donors (Lipinski definition) is 1. The number of anilines is 1. The number of alkyl halides is 2. The van der Waals surface area contributed by atoms with Gasteiger partial charge in [0.05, 0.1) is 31.1 Å². The Morgan fingerprint density at radius 2 is 1.95 bits per heavy atom. The highest BCUT2D eigenvalue weighted by Crippen LogP contribution is 2.42. The number of rotatable bonds is 7. The number of nitrogens with zero attached hydrogens (tertiary/aromatic N) is 5. The van der Waals surface area contributed by atoms with E-state index < -0.39 is 17.4 Å². The zero-order valence-electron chi connectivity index (χ0n) is 23.1. The molecule has 1 aromatic rings. The highest BCUT2D eigenvalue weighted by Gasteiger charge is 2.43. The Morgan fingerprint density at radius 1 is 1.21 bits per heavy atom. The van der Waals surface area contributed by atoms with Crippen molar-refractivity contribution in [3.05, 3.63) is 23.5 Å². The molecule has 0 bridgehead atoms. The number of ether oxygens (including phenoxy) is 1. The molecule has 0 spiro atoms. The zero-order chi connectivity index (χ0) is 27.8. The molecule has 4 heterocycles. The van der Waals surface area contributed by atoms with Gasteiger partial charge in [0, 0.05) is 74.4 Å². The quantitative estimate of drug-likeness (QED) is 0.571. The predicted octanol–water partition coefficient (Wildman–Crippen LogP) is 3.37. The summed E-state index contributed by atoms with van der Waals surface area (Å²) in [6.45, 7) is 13.3. The van der Waals surface area contributed by atoms with E-state index in [1.54, 1.807) is 11.8 Å². The van der Waals surface area contributed by atoms with Gasteiger partial charge >= 0.3 is 6.09 Å². The van der Waals surface area contributed by atoms with E-state index in [4.69, 9.17) is 4.74 Å². The van der Waals surface area contributed by atoms with E-state index in [0.29, 0.717) is 57.2 Å². The number of piperazine rings is 1. The number of pyridine rings is 1. The lowest BCUT2D eigenvalue weighted by Crippen LogP contribution is -2.64. The monoisotopic (exact) mass is 537 g/mol. The summed E-state index contributed by atoms with van der Waals surface area (Å²) >= 11 is 0. The van der Waals surface area contributed by atoms with Crippen molar-refractivity contribution >= 4 is 17.7 Å². The third-order valence-electron chi connectivity index (χ3n) is 8.13. The molecule has 0 saturated carbocycles. The molecule has 1 aromatic heterocycles. The maximum atomic E-state index is 14.8. The molecule has 2 amide bonds. The number of amides is 2. The largest absolute Gasteiger partial charge is 0.465 e. The molecular formula is C27H41F2N5O4. The van der Waals surface area contributed by atoms with Gasteiger partial charge in [-0.05, 0) is 19.9 Å². The zero-order valence-corrected chi connectivity index (χ0v) is 23.1. The topological polar surface area (TPSA) is 89.5 Å². The summed E-state index contributed by atoms with van der Waals surface area (Å²) in [5, 5.41) is 9.75. The van der Waals surface area contributed by atoms with Crippen LogP contribution in [0.3, 0.4) is 0 Å². The second-order valence-corrected chi connectivity index (χ2v) is 11.7. The minimum Gasteiger partial charge on any atom is -0.465 e. The van der Waals surface area contributed by atoms with Gasteiger partial charge in [-0.1, -0.05) is 27.2 Å². The molecule has 3 aliphatic rings. The van der Waals surface area contributed by atoms with Gasteiger partial charge in [0.15, 0.2) is 0 Å². The summed E-state index contributed by atoms with van der Waals surface area (Å²) in [7, 11) is 0. The van der Waals surface area contributed by atoms with Crippen LogP contribution in [0.4, 0.5) is 19.3 Å². The molecule has 38 heavy (non-hydrogen) atoms. The first kappa shape index (κ1) is 28.6. The van der Waals surface area contributed by atoms with E-state index >= 15 is 0 Å². The number of aromatic nitrogens is 1. The van der Waals surface area contributed by atoms with Gasteiger partial charge in [-0.2, -0.15) is 0 Å². The van der Waals surface area contributed by atoms with Crippen LogP contribution in [0.15, 0.2) is 12.3 Å². The Bertz CT molecular complexity index is 1040. The molecule has 0 radical (unpaired) electrons. The second kappa shape index (κ2) is 11.0. The van der Waals surface area contributed by atoms with Gasteiger partial charge in [-0.3, -0.25) is 19.6 Å². The van der Waals surface area contributed by atoms with Crippen molar-refractivity contribution in [2.24, 2.45) is 0 Å². The summed E-state index contributed by atoms with van der Waals surface area (Å²) in [5.41, 5.74) is 0.451. The average Bonchev–Trinajstić information content (AvgIpc) is 3.12. The normalized spacial score (nSPS) is 26.4. The highest BCUT2D eigenvalue weighted by atomic mass is 19.3. The van der Waals surface area contributed by atoms with Crippen molar-refractivity contribution in [3.8, 4) is 0 Å². The average molecular weight is 538 g/mol. The number of halogens is 2. The maximum absolute atomic E-state index is 14.8. The molecular weight excluding hydrogens is 496 g/mol. The van der Waals surface area contributed by atoms with Crippen LogP contribution in [0.1, 0.15) is 58.7 Å². The molecule has 4 rings (SSSR count). The van der Waals surface area contributed by atoms with Crippen LogP contribution in [0.2, 0.25) is 0 Å². The first-order valence-corrected chi connectivity index (χ1v) is 13.6. The lowest BCUT2D eigenvalue weighted by molar-refractivity contribution is -0.121. The highest BCUT2D eigenvalue weighted by molar-refractivity contribution is 5.97. The Balaban J connectivity index is 1.57. The predicted molar refractivity (Wildman–Crippen MR) is 140 cm³/mol. The number of fused-ring (bicyclic) bond motifs is 1. The maximum Gasteiger partial charge on any atom is 0.407 e. The van der Waals surface area contributed by atoms with Gasteiger partial charge in [-0.15, -0.1) is 0 Å². The smallest absolute Gasteiger partial charge is 0.407 e. The SMILES string of the molecule is CCCC(F)(F)c1cnc2c(c1)N(C(=O)CN1C[C@@H](C)N(C(=O)O)C[C@@H]1CN1CCOCC1C)CC2(C)C. The van der Waals surface area contributed by atoms with Crippen molar-refractivity contribution in [1.29, 1.82) is 0 Å². The number of morpholine rings is 1. The van der Waals surface area contributed by atoms with Gasteiger partial charge in [0.25, 0.3) is 5.92 Å². The van der Waals surface area contributed by atoms with Crippen LogP contribution in [0, 0.1) is 0 Å². The molecule has 11 heteroatoms. The third kappa shape index (κ3) is 5.79. The van der Waals surface area contributed by atoms with Crippen LogP contribution in [0.25, 0.3) is 0 Å². The summed E-state index contributed by atoms with van der Waals surface area (Å²) in [6.07, 6.45) is 0.335. The van der Waals surface area contributed by atoms with Gasteiger partial charge < -0.3 is 19.6 Å². The van der Waals surface area contributed by atoms with Crippen molar-refractivity contribution in [2.75, 3.05) is 57.4 Å². The minimum absolute atomic E-state index is 0.0757. The van der Waals surface area contributed by atoms with Crippen LogP contribution in [-0.2, 0) is 20.9 Å². The van der Waals surface area contributed by atoms with E-state index in [2.05, 4.69) is 21.7 Å². The van der Waals surface area contributed by atoms with E-state index in [0.717, 1.165) is 6.54 Å². The summed E-state index contributed by atoms with van der Waals surface area (Å²) < 4.78 is 35.1. The van der Waals surface area contributed by atoms with Crippen molar-refractivity contribution in [1.82, 2.24) is 19.7 Å². The molecule has 212 valence electrons. The molecule has 9 nitrogen and oxygen atoms in total. The van der Waals surface area contributed by atoms with Crippen LogP contribution < -0.4 is 4.90 Å².